The highest BCUT2D eigenvalue weighted by Crippen LogP contribution is 2.24. The Morgan fingerprint density at radius 2 is 1.12 bits per heavy atom. The van der Waals surface area contributed by atoms with E-state index in [-0.39, 0.29) is 5.60 Å². The lowest BCUT2D eigenvalue weighted by Crippen LogP contribution is -2.25. The van der Waals surface area contributed by atoms with E-state index in [2.05, 4.69) is 34.6 Å². The lowest BCUT2D eigenvalue weighted by molar-refractivity contribution is -0.0278. The lowest BCUT2D eigenvalue weighted by Gasteiger charge is -2.26. The van der Waals surface area contributed by atoms with Crippen molar-refractivity contribution in [1.82, 2.24) is 0 Å². The molecule has 24 heavy (non-hydrogen) atoms. The van der Waals surface area contributed by atoms with Crippen molar-refractivity contribution in [3.8, 4) is 0 Å². The third kappa shape index (κ3) is 15.5. The fraction of sp³-hybridized carbons (Fsp3) is 1.00. The highest BCUT2D eigenvalue weighted by Gasteiger charge is 2.17. The van der Waals surface area contributed by atoms with Crippen LogP contribution in [0.5, 0.6) is 0 Å². The monoisotopic (exact) mass is 340 g/mol. The molecule has 0 fully saturated rings. The molecule has 0 amide bonds. The molecule has 0 aliphatic carbocycles. The molecule has 0 heterocycles. The molecule has 0 bridgehead atoms. The minimum absolute atomic E-state index is 0.0770. The van der Waals surface area contributed by atoms with Crippen molar-refractivity contribution in [2.75, 3.05) is 6.61 Å². The molecule has 0 aliphatic rings. The number of unbranched alkanes of at least 4 members (excludes halogenated alkanes) is 7. The molecule has 0 aromatic heterocycles. The first-order valence-electron chi connectivity index (χ1n) is 11.2. The zero-order valence-electron chi connectivity index (χ0n) is 17.8. The minimum Gasteiger partial charge on any atom is -0.376 e. The van der Waals surface area contributed by atoms with Gasteiger partial charge < -0.3 is 4.74 Å². The molecule has 0 aromatic rings. The maximum Gasteiger partial charge on any atom is 0.0626 e. The average molecular weight is 341 g/mol. The number of ether oxygens (including phenoxy) is 1. The summed E-state index contributed by atoms with van der Waals surface area (Å²) in [5.41, 5.74) is 0.0770. The Balaban J connectivity index is 3.88. The van der Waals surface area contributed by atoms with Gasteiger partial charge in [-0.05, 0) is 39.0 Å². The fourth-order valence-electron chi connectivity index (χ4n) is 3.57. The summed E-state index contributed by atoms with van der Waals surface area (Å²) in [6.45, 7) is 12.4. The normalized spacial score (nSPS) is 12.2. The van der Waals surface area contributed by atoms with Gasteiger partial charge in [-0.2, -0.15) is 0 Å². The third-order valence-corrected chi connectivity index (χ3v) is 5.31. The van der Waals surface area contributed by atoms with Crippen molar-refractivity contribution in [2.24, 2.45) is 5.92 Å². The average Bonchev–Trinajstić information content (AvgIpc) is 2.55. The summed E-state index contributed by atoms with van der Waals surface area (Å²) in [4.78, 5) is 0. The molecule has 0 radical (unpaired) electrons. The molecule has 0 rings (SSSR count). The van der Waals surface area contributed by atoms with Crippen molar-refractivity contribution in [3.63, 3.8) is 0 Å². The summed E-state index contributed by atoms with van der Waals surface area (Å²) in [5.74, 6) is 0.944. The van der Waals surface area contributed by atoms with Gasteiger partial charge in [0.05, 0.1) is 5.60 Å². The summed E-state index contributed by atoms with van der Waals surface area (Å²) in [5, 5.41) is 0. The Kier molecular flexibility index (Phi) is 16.4. The van der Waals surface area contributed by atoms with Gasteiger partial charge in [0, 0.05) is 6.61 Å². The quantitative estimate of drug-likeness (QED) is 0.228. The molecule has 0 spiro atoms. The van der Waals surface area contributed by atoms with Crippen LogP contribution in [0.15, 0.2) is 0 Å². The number of hydrogen-bond donors (Lipinski definition) is 0. The van der Waals surface area contributed by atoms with Gasteiger partial charge in [-0.25, -0.2) is 0 Å². The van der Waals surface area contributed by atoms with Crippen LogP contribution in [0.25, 0.3) is 0 Å². The molecule has 0 unspecified atom stereocenters. The number of hydrogen-bond acceptors (Lipinski definition) is 1. The predicted molar refractivity (Wildman–Crippen MR) is 110 cm³/mol. The lowest BCUT2D eigenvalue weighted by atomic mass is 9.91. The standard InChI is InChI=1S/C23H48O/c1-6-9-12-15-20-23(4,5)24-21-16-19-22(17-13-10-7-2)18-14-11-8-3/h22H,6-21H2,1-5H3. The van der Waals surface area contributed by atoms with Crippen LogP contribution < -0.4 is 0 Å². The highest BCUT2D eigenvalue weighted by molar-refractivity contribution is 4.69. The molecule has 0 N–H and O–H groups in total. The second kappa shape index (κ2) is 16.4. The second-order valence-corrected chi connectivity index (χ2v) is 8.42. The largest absolute Gasteiger partial charge is 0.376 e. The summed E-state index contributed by atoms with van der Waals surface area (Å²) in [7, 11) is 0. The van der Waals surface area contributed by atoms with Gasteiger partial charge >= 0.3 is 0 Å². The van der Waals surface area contributed by atoms with E-state index >= 15 is 0 Å². The Labute approximate surface area is 154 Å². The van der Waals surface area contributed by atoms with Crippen LogP contribution in [-0.4, -0.2) is 12.2 Å². The van der Waals surface area contributed by atoms with Crippen molar-refractivity contribution in [1.29, 1.82) is 0 Å². The van der Waals surface area contributed by atoms with Gasteiger partial charge in [-0.3, -0.25) is 0 Å². The summed E-state index contributed by atoms with van der Waals surface area (Å²) in [6.07, 6.45) is 20.4. The fourth-order valence-corrected chi connectivity index (χ4v) is 3.57. The van der Waals surface area contributed by atoms with E-state index in [1.165, 1.54) is 96.3 Å². The second-order valence-electron chi connectivity index (χ2n) is 8.42. The molecule has 0 aliphatic heterocycles. The molecule has 1 nitrogen and oxygen atoms in total. The summed E-state index contributed by atoms with van der Waals surface area (Å²) >= 11 is 0. The van der Waals surface area contributed by atoms with Gasteiger partial charge in [0.15, 0.2) is 0 Å². The Morgan fingerprint density at radius 3 is 1.67 bits per heavy atom. The van der Waals surface area contributed by atoms with E-state index in [0.717, 1.165) is 12.5 Å². The summed E-state index contributed by atoms with van der Waals surface area (Å²) < 4.78 is 6.21. The van der Waals surface area contributed by atoms with Crippen molar-refractivity contribution in [2.45, 2.75) is 137 Å². The van der Waals surface area contributed by atoms with E-state index in [9.17, 15) is 0 Å². The zero-order valence-corrected chi connectivity index (χ0v) is 17.8. The third-order valence-electron chi connectivity index (χ3n) is 5.31. The SMILES string of the molecule is CCCCCCC(C)(C)OCCCC(CCCCC)CCCCC. The molecular formula is C23H48O. The molecule has 0 atom stereocenters. The Morgan fingerprint density at radius 1 is 0.625 bits per heavy atom. The van der Waals surface area contributed by atoms with Gasteiger partial charge in [0.2, 0.25) is 0 Å². The van der Waals surface area contributed by atoms with E-state index in [0.29, 0.717) is 0 Å². The first-order valence-corrected chi connectivity index (χ1v) is 11.2. The van der Waals surface area contributed by atoms with E-state index in [4.69, 9.17) is 4.74 Å². The van der Waals surface area contributed by atoms with Crippen LogP contribution in [0.1, 0.15) is 131 Å². The molecular weight excluding hydrogens is 292 g/mol. The first kappa shape index (κ1) is 24.0. The van der Waals surface area contributed by atoms with Gasteiger partial charge in [-0.1, -0.05) is 97.8 Å². The Hall–Kier alpha value is -0.0400. The Bertz CT molecular complexity index is 236. The number of rotatable bonds is 18. The first-order chi connectivity index (χ1) is 11.6. The molecule has 0 aromatic carbocycles. The minimum atomic E-state index is 0.0770. The highest BCUT2D eigenvalue weighted by atomic mass is 16.5. The maximum absolute atomic E-state index is 6.21. The van der Waals surface area contributed by atoms with Crippen molar-refractivity contribution >= 4 is 0 Å². The van der Waals surface area contributed by atoms with Crippen LogP contribution >= 0.6 is 0 Å². The van der Waals surface area contributed by atoms with Gasteiger partial charge in [-0.15, -0.1) is 0 Å². The maximum atomic E-state index is 6.21. The van der Waals surface area contributed by atoms with Crippen LogP contribution in [-0.2, 0) is 4.74 Å². The topological polar surface area (TPSA) is 9.23 Å². The van der Waals surface area contributed by atoms with Crippen molar-refractivity contribution < 1.29 is 4.74 Å². The molecule has 0 saturated carbocycles. The zero-order chi connectivity index (χ0) is 18.1. The molecule has 146 valence electrons. The van der Waals surface area contributed by atoms with Crippen LogP contribution in [0.3, 0.4) is 0 Å². The summed E-state index contributed by atoms with van der Waals surface area (Å²) in [6, 6.07) is 0. The van der Waals surface area contributed by atoms with Gasteiger partial charge in [0.25, 0.3) is 0 Å². The molecule has 1 heteroatoms. The smallest absolute Gasteiger partial charge is 0.0626 e. The van der Waals surface area contributed by atoms with Crippen LogP contribution in [0.2, 0.25) is 0 Å². The van der Waals surface area contributed by atoms with Gasteiger partial charge in [0.1, 0.15) is 0 Å². The van der Waals surface area contributed by atoms with Crippen LogP contribution in [0.4, 0.5) is 0 Å². The van der Waals surface area contributed by atoms with E-state index < -0.39 is 0 Å². The van der Waals surface area contributed by atoms with Crippen LogP contribution in [0, 0.1) is 5.92 Å². The van der Waals surface area contributed by atoms with E-state index in [1.54, 1.807) is 0 Å². The molecule has 0 saturated heterocycles. The predicted octanol–water partition coefficient (Wildman–Crippen LogP) is 8.31. The van der Waals surface area contributed by atoms with Crippen molar-refractivity contribution in [3.05, 3.63) is 0 Å². The van der Waals surface area contributed by atoms with E-state index in [1.807, 2.05) is 0 Å².